The van der Waals surface area contributed by atoms with Crippen LogP contribution in [0.1, 0.15) is 51.9 Å². The topological polar surface area (TPSA) is 27.7 Å². The van der Waals surface area contributed by atoms with Gasteiger partial charge in [0.15, 0.2) is 0 Å². The molecule has 17 heavy (non-hydrogen) atoms. The quantitative estimate of drug-likeness (QED) is 0.357. The smallest absolute Gasteiger partial charge is 0.376 e. The zero-order valence-corrected chi connectivity index (χ0v) is 13.6. The highest BCUT2D eigenvalue weighted by molar-refractivity contribution is 7.83. The van der Waals surface area contributed by atoms with Crippen LogP contribution in [0, 0.1) is 0 Å². The van der Waals surface area contributed by atoms with Gasteiger partial charge in [0.05, 0.1) is 4.87 Å². The Morgan fingerprint density at radius 3 is 1.82 bits per heavy atom. The van der Waals surface area contributed by atoms with Gasteiger partial charge in [-0.2, -0.15) is 12.6 Å². The lowest BCUT2D eigenvalue weighted by atomic mass is 10.1. The molecule has 0 aliphatic rings. The van der Waals surface area contributed by atoms with Crippen LogP contribution in [-0.4, -0.2) is 35.0 Å². The van der Waals surface area contributed by atoms with Crippen molar-refractivity contribution in [3.63, 3.8) is 0 Å². The summed E-state index contributed by atoms with van der Waals surface area (Å²) in [4.78, 5) is 0.0775. The molecule has 104 valence electrons. The molecule has 5 heteroatoms. The van der Waals surface area contributed by atoms with Crippen LogP contribution in [0.25, 0.3) is 0 Å². The van der Waals surface area contributed by atoms with Crippen molar-refractivity contribution in [2.75, 3.05) is 21.3 Å². The molecule has 0 aromatic rings. The van der Waals surface area contributed by atoms with E-state index >= 15 is 0 Å². The van der Waals surface area contributed by atoms with Crippen molar-refractivity contribution in [2.24, 2.45) is 0 Å². The molecular formula is C12H28O3SSi. The molecule has 3 nitrogen and oxygen atoms in total. The third kappa shape index (κ3) is 6.24. The Balaban J connectivity index is 3.79. The van der Waals surface area contributed by atoms with Gasteiger partial charge >= 0.3 is 8.80 Å². The average Bonchev–Trinajstić information content (AvgIpc) is 2.36. The molecule has 1 atom stereocenters. The summed E-state index contributed by atoms with van der Waals surface area (Å²) in [6, 6.07) is 0. The van der Waals surface area contributed by atoms with Crippen molar-refractivity contribution in [3.8, 4) is 0 Å². The van der Waals surface area contributed by atoms with Crippen molar-refractivity contribution in [1.29, 1.82) is 0 Å². The van der Waals surface area contributed by atoms with Gasteiger partial charge in [0, 0.05) is 21.3 Å². The molecule has 1 unspecified atom stereocenters. The summed E-state index contributed by atoms with van der Waals surface area (Å²) in [5.41, 5.74) is 0. The number of rotatable bonds is 11. The molecule has 0 fully saturated rings. The predicted octanol–water partition coefficient (Wildman–Crippen LogP) is 3.45. The minimum absolute atomic E-state index is 0.0775. The van der Waals surface area contributed by atoms with E-state index < -0.39 is 8.80 Å². The first-order chi connectivity index (χ1) is 8.16. The monoisotopic (exact) mass is 280 g/mol. The second kappa shape index (κ2) is 10.4. The molecule has 0 radical (unpaired) electrons. The van der Waals surface area contributed by atoms with E-state index in [9.17, 15) is 0 Å². The zero-order chi connectivity index (χ0) is 13.1. The van der Waals surface area contributed by atoms with Gasteiger partial charge in [-0.25, -0.2) is 0 Å². The predicted molar refractivity (Wildman–Crippen MR) is 77.5 cm³/mol. The zero-order valence-electron chi connectivity index (χ0n) is 11.7. The molecule has 0 aromatic heterocycles. The summed E-state index contributed by atoms with van der Waals surface area (Å²) in [5.74, 6) is 0. The first-order valence-corrected chi connectivity index (χ1v) is 8.82. The third-order valence-electron chi connectivity index (χ3n) is 3.09. The first-order valence-electron chi connectivity index (χ1n) is 6.50. The van der Waals surface area contributed by atoms with E-state index in [0.717, 1.165) is 6.42 Å². The Labute approximate surface area is 113 Å². The van der Waals surface area contributed by atoms with E-state index in [2.05, 4.69) is 19.6 Å². The summed E-state index contributed by atoms with van der Waals surface area (Å²) in [6.45, 7) is 2.24. The maximum Gasteiger partial charge on any atom is 0.513 e. The molecular weight excluding hydrogens is 252 g/mol. The Morgan fingerprint density at radius 2 is 1.35 bits per heavy atom. The third-order valence-corrected chi connectivity index (χ3v) is 7.11. The van der Waals surface area contributed by atoms with Crippen molar-refractivity contribution < 1.29 is 13.3 Å². The molecule has 0 saturated carbocycles. The van der Waals surface area contributed by atoms with Crippen LogP contribution >= 0.6 is 12.6 Å². The molecule has 0 rings (SSSR count). The lowest BCUT2D eigenvalue weighted by Gasteiger charge is -2.29. The molecule has 0 saturated heterocycles. The highest BCUT2D eigenvalue weighted by Crippen LogP contribution is 2.22. The molecule has 0 heterocycles. The lowest BCUT2D eigenvalue weighted by molar-refractivity contribution is 0.120. The van der Waals surface area contributed by atoms with Crippen LogP contribution in [0.3, 0.4) is 0 Å². The number of unbranched alkanes of at least 4 members (excludes halogenated alkanes) is 5. The fraction of sp³-hybridized carbons (Fsp3) is 1.00. The van der Waals surface area contributed by atoms with Crippen LogP contribution in [-0.2, 0) is 13.3 Å². The van der Waals surface area contributed by atoms with Crippen LogP contribution in [0.4, 0.5) is 0 Å². The minimum Gasteiger partial charge on any atom is -0.376 e. The Kier molecular flexibility index (Phi) is 10.6. The normalized spacial score (nSPS) is 13.9. The maximum atomic E-state index is 5.41. The standard InChI is InChI=1S/C12H28O3SSi/c1-5-6-7-8-9-10-11-12(16)17(13-2,14-3)15-4/h12,16H,5-11H2,1-4H3. The van der Waals surface area contributed by atoms with Crippen LogP contribution in [0.15, 0.2) is 0 Å². The van der Waals surface area contributed by atoms with E-state index in [-0.39, 0.29) is 4.87 Å². The molecule has 0 aromatic carbocycles. The number of thiol groups is 1. The van der Waals surface area contributed by atoms with Gasteiger partial charge < -0.3 is 13.3 Å². The van der Waals surface area contributed by atoms with Crippen LogP contribution in [0.2, 0.25) is 0 Å². The summed E-state index contributed by atoms with van der Waals surface area (Å²) in [5, 5.41) is 0. The summed E-state index contributed by atoms with van der Waals surface area (Å²) in [7, 11) is 2.40. The van der Waals surface area contributed by atoms with Gasteiger partial charge in [0.25, 0.3) is 0 Å². The van der Waals surface area contributed by atoms with E-state index in [4.69, 9.17) is 13.3 Å². The largest absolute Gasteiger partial charge is 0.513 e. The summed E-state index contributed by atoms with van der Waals surface area (Å²) in [6.07, 6.45) is 8.73. The van der Waals surface area contributed by atoms with E-state index in [1.807, 2.05) is 0 Å². The Morgan fingerprint density at radius 1 is 0.882 bits per heavy atom. The molecule has 0 aliphatic carbocycles. The van der Waals surface area contributed by atoms with Gasteiger partial charge in [-0.1, -0.05) is 45.4 Å². The number of hydrogen-bond acceptors (Lipinski definition) is 4. The average molecular weight is 281 g/mol. The van der Waals surface area contributed by atoms with Gasteiger partial charge in [-0.15, -0.1) is 0 Å². The van der Waals surface area contributed by atoms with E-state index in [1.54, 1.807) is 21.3 Å². The van der Waals surface area contributed by atoms with Crippen molar-refractivity contribution in [2.45, 2.75) is 56.7 Å². The van der Waals surface area contributed by atoms with Crippen molar-refractivity contribution in [3.05, 3.63) is 0 Å². The van der Waals surface area contributed by atoms with Gasteiger partial charge in [-0.05, 0) is 6.42 Å². The summed E-state index contributed by atoms with van der Waals surface area (Å²) >= 11 is 4.58. The van der Waals surface area contributed by atoms with Gasteiger partial charge in [0.1, 0.15) is 0 Å². The highest BCUT2D eigenvalue weighted by atomic mass is 32.1. The molecule has 0 amide bonds. The molecule has 0 spiro atoms. The van der Waals surface area contributed by atoms with E-state index in [0.29, 0.717) is 0 Å². The maximum absolute atomic E-state index is 5.41. The van der Waals surface area contributed by atoms with Crippen LogP contribution in [0.5, 0.6) is 0 Å². The van der Waals surface area contributed by atoms with Gasteiger partial charge in [-0.3, -0.25) is 0 Å². The van der Waals surface area contributed by atoms with E-state index in [1.165, 1.54) is 38.5 Å². The highest BCUT2D eigenvalue weighted by Gasteiger charge is 2.44. The second-order valence-electron chi connectivity index (χ2n) is 4.29. The molecule has 0 N–H and O–H groups in total. The number of hydrogen-bond donors (Lipinski definition) is 1. The van der Waals surface area contributed by atoms with Crippen LogP contribution < -0.4 is 0 Å². The van der Waals surface area contributed by atoms with Crippen molar-refractivity contribution in [1.82, 2.24) is 0 Å². The Bertz CT molecular complexity index is 169. The molecule has 0 aliphatic heterocycles. The minimum atomic E-state index is -2.53. The first kappa shape index (κ1) is 17.4. The molecule has 0 bridgehead atoms. The Hall–Kier alpha value is 0.447. The summed E-state index contributed by atoms with van der Waals surface area (Å²) < 4.78 is 16.2. The van der Waals surface area contributed by atoms with Crippen molar-refractivity contribution >= 4 is 21.4 Å². The lowest BCUT2D eigenvalue weighted by Crippen LogP contribution is -2.52. The van der Waals surface area contributed by atoms with Gasteiger partial charge in [0.2, 0.25) is 0 Å². The SMILES string of the molecule is CCCCCCCCC(S)[Si](OC)(OC)OC. The fourth-order valence-electron chi connectivity index (χ4n) is 1.95. The fourth-order valence-corrected chi connectivity index (χ4v) is 4.96. The second-order valence-corrected chi connectivity index (χ2v) is 8.53.